The van der Waals surface area contributed by atoms with E-state index in [1.165, 1.54) is 0 Å². The Kier molecular flexibility index (Phi) is 5.97. The number of rotatable bonds is 5. The number of nitrogens with zero attached hydrogens (tertiary/aromatic N) is 1. The van der Waals surface area contributed by atoms with Crippen LogP contribution in [-0.2, 0) is 13.2 Å². The minimum absolute atomic E-state index is 0.0814. The SMILES string of the molecule is FC1(F)CCN(Cc2cc(Br)ccc2OCc2ccc(Cl)cc2)CC1. The van der Waals surface area contributed by atoms with Crippen molar-refractivity contribution in [2.45, 2.75) is 31.9 Å². The van der Waals surface area contributed by atoms with Crippen LogP contribution in [0.3, 0.4) is 0 Å². The number of hydrogen-bond acceptors (Lipinski definition) is 2. The number of halogens is 4. The Morgan fingerprint density at radius 2 is 1.76 bits per heavy atom. The van der Waals surface area contributed by atoms with E-state index in [9.17, 15) is 8.78 Å². The molecule has 134 valence electrons. The molecule has 0 atom stereocenters. The van der Waals surface area contributed by atoms with Crippen LogP contribution >= 0.6 is 27.5 Å². The second-order valence-corrected chi connectivity index (χ2v) is 7.65. The average molecular weight is 431 g/mol. The van der Waals surface area contributed by atoms with E-state index in [1.54, 1.807) is 0 Å². The van der Waals surface area contributed by atoms with E-state index in [1.807, 2.05) is 47.4 Å². The van der Waals surface area contributed by atoms with E-state index in [4.69, 9.17) is 16.3 Å². The van der Waals surface area contributed by atoms with Crippen LogP contribution in [0.15, 0.2) is 46.9 Å². The van der Waals surface area contributed by atoms with Crippen LogP contribution in [0.1, 0.15) is 24.0 Å². The summed E-state index contributed by atoms with van der Waals surface area (Å²) in [4.78, 5) is 2.05. The van der Waals surface area contributed by atoms with Crippen LogP contribution in [0.5, 0.6) is 5.75 Å². The molecule has 0 saturated carbocycles. The van der Waals surface area contributed by atoms with Gasteiger partial charge in [-0.2, -0.15) is 0 Å². The second kappa shape index (κ2) is 8.02. The van der Waals surface area contributed by atoms with Crippen molar-refractivity contribution in [1.82, 2.24) is 4.90 Å². The average Bonchev–Trinajstić information content (AvgIpc) is 2.57. The summed E-state index contributed by atoms with van der Waals surface area (Å²) in [7, 11) is 0. The lowest BCUT2D eigenvalue weighted by molar-refractivity contribution is -0.0567. The fraction of sp³-hybridized carbons (Fsp3) is 0.368. The Bertz CT molecular complexity index is 714. The van der Waals surface area contributed by atoms with Gasteiger partial charge in [0.2, 0.25) is 0 Å². The van der Waals surface area contributed by atoms with Crippen molar-refractivity contribution in [2.75, 3.05) is 13.1 Å². The van der Waals surface area contributed by atoms with Crippen LogP contribution in [0.25, 0.3) is 0 Å². The van der Waals surface area contributed by atoms with Crippen LogP contribution in [0, 0.1) is 0 Å². The molecule has 1 aliphatic rings. The summed E-state index contributed by atoms with van der Waals surface area (Å²) in [5, 5.41) is 0.690. The van der Waals surface area contributed by atoms with Crippen molar-refractivity contribution in [1.29, 1.82) is 0 Å². The maximum atomic E-state index is 13.3. The molecule has 2 nitrogen and oxygen atoms in total. The summed E-state index contributed by atoms with van der Waals surface area (Å²) in [5.41, 5.74) is 2.02. The zero-order chi connectivity index (χ0) is 17.9. The molecule has 3 rings (SSSR count). The number of benzene rings is 2. The van der Waals surface area contributed by atoms with Crippen molar-refractivity contribution in [3.8, 4) is 5.75 Å². The number of alkyl halides is 2. The highest BCUT2D eigenvalue weighted by Crippen LogP contribution is 2.31. The summed E-state index contributed by atoms with van der Waals surface area (Å²) >= 11 is 9.37. The third-order valence-electron chi connectivity index (χ3n) is 4.31. The molecule has 1 saturated heterocycles. The Labute approximate surface area is 159 Å². The fourth-order valence-corrected chi connectivity index (χ4v) is 3.37. The topological polar surface area (TPSA) is 12.5 Å². The van der Waals surface area contributed by atoms with E-state index in [2.05, 4.69) is 15.9 Å². The van der Waals surface area contributed by atoms with Crippen LogP contribution in [0.2, 0.25) is 5.02 Å². The maximum Gasteiger partial charge on any atom is 0.250 e. The fourth-order valence-electron chi connectivity index (χ4n) is 2.83. The Balaban J connectivity index is 1.66. The predicted molar refractivity (Wildman–Crippen MR) is 99.4 cm³/mol. The molecule has 2 aromatic rings. The van der Waals surface area contributed by atoms with Gasteiger partial charge < -0.3 is 4.74 Å². The highest BCUT2D eigenvalue weighted by atomic mass is 79.9. The van der Waals surface area contributed by atoms with Gasteiger partial charge >= 0.3 is 0 Å². The van der Waals surface area contributed by atoms with Crippen molar-refractivity contribution in [2.24, 2.45) is 0 Å². The molecule has 1 heterocycles. The van der Waals surface area contributed by atoms with Gasteiger partial charge in [0.05, 0.1) is 0 Å². The molecule has 0 N–H and O–H groups in total. The van der Waals surface area contributed by atoms with Crippen LogP contribution in [-0.4, -0.2) is 23.9 Å². The van der Waals surface area contributed by atoms with Gasteiger partial charge in [-0.05, 0) is 35.9 Å². The summed E-state index contributed by atoms with van der Waals surface area (Å²) < 4.78 is 33.6. The molecular weight excluding hydrogens is 412 g/mol. The first kappa shape index (κ1) is 18.6. The van der Waals surface area contributed by atoms with Gasteiger partial charge in [-0.25, -0.2) is 8.78 Å². The standard InChI is InChI=1S/C19H19BrClF2NO/c20-16-3-6-18(25-13-14-1-4-17(21)5-2-14)15(11-16)12-24-9-7-19(22,23)8-10-24/h1-6,11H,7-10,12-13H2. The second-order valence-electron chi connectivity index (χ2n) is 6.30. The van der Waals surface area contributed by atoms with Gasteiger partial charge in [-0.15, -0.1) is 0 Å². The van der Waals surface area contributed by atoms with Crippen LogP contribution < -0.4 is 4.74 Å². The summed E-state index contributed by atoms with van der Waals surface area (Å²) in [6.45, 7) is 1.83. The number of ether oxygens (including phenoxy) is 1. The Morgan fingerprint density at radius 3 is 2.44 bits per heavy atom. The summed E-state index contributed by atoms with van der Waals surface area (Å²) in [6.07, 6.45) is -0.163. The minimum Gasteiger partial charge on any atom is -0.489 e. The van der Waals surface area contributed by atoms with Crippen molar-refractivity contribution in [3.05, 3.63) is 63.1 Å². The molecular formula is C19H19BrClF2NO. The first-order valence-electron chi connectivity index (χ1n) is 8.17. The Morgan fingerprint density at radius 1 is 1.08 bits per heavy atom. The first-order chi connectivity index (χ1) is 11.9. The lowest BCUT2D eigenvalue weighted by Crippen LogP contribution is -2.38. The van der Waals surface area contributed by atoms with Gasteiger partial charge in [0, 0.05) is 47.5 Å². The zero-order valence-corrected chi connectivity index (χ0v) is 16.0. The molecule has 0 radical (unpaired) electrons. The number of likely N-dealkylation sites (tertiary alicyclic amines) is 1. The lowest BCUT2D eigenvalue weighted by Gasteiger charge is -2.32. The van der Waals surface area contributed by atoms with E-state index in [-0.39, 0.29) is 12.8 Å². The molecule has 0 aromatic heterocycles. The van der Waals surface area contributed by atoms with E-state index >= 15 is 0 Å². The molecule has 25 heavy (non-hydrogen) atoms. The molecule has 0 amide bonds. The third kappa shape index (κ3) is 5.40. The van der Waals surface area contributed by atoms with Crippen molar-refractivity contribution < 1.29 is 13.5 Å². The number of piperidine rings is 1. The Hall–Kier alpha value is -1.17. The minimum atomic E-state index is -2.53. The normalized spacial score (nSPS) is 17.4. The monoisotopic (exact) mass is 429 g/mol. The highest BCUT2D eigenvalue weighted by Gasteiger charge is 2.34. The van der Waals surface area contributed by atoms with E-state index in [0.717, 1.165) is 21.3 Å². The largest absolute Gasteiger partial charge is 0.489 e. The summed E-state index contributed by atoms with van der Waals surface area (Å²) in [5.74, 6) is -1.75. The summed E-state index contributed by atoms with van der Waals surface area (Å²) in [6, 6.07) is 13.3. The molecule has 0 spiro atoms. The van der Waals surface area contributed by atoms with Gasteiger partial charge in [-0.1, -0.05) is 39.7 Å². The van der Waals surface area contributed by atoms with Gasteiger partial charge in [0.15, 0.2) is 0 Å². The molecule has 0 aliphatic carbocycles. The molecule has 2 aromatic carbocycles. The molecule has 1 aliphatic heterocycles. The predicted octanol–water partition coefficient (Wildman–Crippen LogP) is 5.91. The molecule has 0 bridgehead atoms. The van der Waals surface area contributed by atoms with Gasteiger partial charge in [-0.3, -0.25) is 4.90 Å². The van der Waals surface area contributed by atoms with Crippen molar-refractivity contribution in [3.63, 3.8) is 0 Å². The maximum absolute atomic E-state index is 13.3. The zero-order valence-electron chi connectivity index (χ0n) is 13.7. The highest BCUT2D eigenvalue weighted by molar-refractivity contribution is 9.10. The van der Waals surface area contributed by atoms with Crippen molar-refractivity contribution >= 4 is 27.5 Å². The van der Waals surface area contributed by atoms with E-state index < -0.39 is 5.92 Å². The quantitative estimate of drug-likeness (QED) is 0.584. The molecule has 6 heteroatoms. The first-order valence-corrected chi connectivity index (χ1v) is 9.34. The van der Waals surface area contributed by atoms with Gasteiger partial charge in [0.1, 0.15) is 12.4 Å². The van der Waals surface area contributed by atoms with Crippen LogP contribution in [0.4, 0.5) is 8.78 Å². The van der Waals surface area contributed by atoms with E-state index in [0.29, 0.717) is 31.3 Å². The molecule has 1 fully saturated rings. The lowest BCUT2D eigenvalue weighted by atomic mass is 10.1. The smallest absolute Gasteiger partial charge is 0.250 e. The molecule has 0 unspecified atom stereocenters. The third-order valence-corrected chi connectivity index (χ3v) is 5.06. The van der Waals surface area contributed by atoms with Gasteiger partial charge in [0.25, 0.3) is 5.92 Å². The number of hydrogen-bond donors (Lipinski definition) is 0.